The second-order valence-electron chi connectivity index (χ2n) is 24.8. The monoisotopic (exact) mass is 903 g/mol. The molecule has 4 aliphatic carbocycles. The third kappa shape index (κ3) is 6.51. The summed E-state index contributed by atoms with van der Waals surface area (Å²) in [4.78, 5) is 0. The van der Waals surface area contributed by atoms with Gasteiger partial charge in [0.05, 0.1) is 0 Å². The van der Waals surface area contributed by atoms with Crippen molar-refractivity contribution < 1.29 is 0 Å². The molecule has 0 radical (unpaired) electrons. The predicted octanol–water partition coefficient (Wildman–Crippen LogP) is 15.7. The van der Waals surface area contributed by atoms with Crippen molar-refractivity contribution in [2.75, 3.05) is 0 Å². The number of aryl methyl sites for hydroxylation is 2. The molecule has 7 aromatic rings. The first-order valence-electron chi connectivity index (χ1n) is 25.3. The Labute approximate surface area is 409 Å². The Balaban J connectivity index is 1.09. The Hall–Kier alpha value is -5.76. The summed E-state index contributed by atoms with van der Waals surface area (Å²) in [5.74, 6) is 0. The van der Waals surface area contributed by atoms with Crippen LogP contribution >= 0.6 is 0 Å². The van der Waals surface area contributed by atoms with Gasteiger partial charge in [0.15, 0.2) is 8.07 Å². The molecule has 0 aromatic heterocycles. The highest BCUT2D eigenvalue weighted by Crippen LogP contribution is 2.55. The fraction of sp³-hybridized carbons (Fsp3) is 0.313. The van der Waals surface area contributed by atoms with Crippen LogP contribution < -0.4 is 15.6 Å². The molecular formula is C67H70Si. The normalized spacial score (nSPS) is 18.2. The minimum Gasteiger partial charge on any atom is -0.0781 e. The lowest BCUT2D eigenvalue weighted by Gasteiger charge is -2.42. The summed E-state index contributed by atoms with van der Waals surface area (Å²) in [5.41, 5.74) is 25.2. The van der Waals surface area contributed by atoms with Crippen LogP contribution in [-0.2, 0) is 27.1 Å². The second-order valence-corrected chi connectivity index (χ2v) is 28.8. The van der Waals surface area contributed by atoms with Crippen LogP contribution in [0.2, 0.25) is 5.54 Å². The van der Waals surface area contributed by atoms with Gasteiger partial charge in [-0.3, -0.25) is 0 Å². The summed E-state index contributed by atoms with van der Waals surface area (Å²) in [6.45, 7) is 33.2. The van der Waals surface area contributed by atoms with Crippen LogP contribution in [0.15, 0.2) is 157 Å². The molecule has 4 aliphatic rings. The molecule has 342 valence electrons. The van der Waals surface area contributed by atoms with Gasteiger partial charge < -0.3 is 0 Å². The number of hydrogen-bond donors (Lipinski definition) is 0. The zero-order valence-corrected chi connectivity index (χ0v) is 44.2. The fourth-order valence-corrected chi connectivity index (χ4v) is 18.4. The quantitative estimate of drug-likeness (QED) is 0.119. The Kier molecular flexibility index (Phi) is 9.78. The zero-order valence-electron chi connectivity index (χ0n) is 43.2. The van der Waals surface area contributed by atoms with E-state index in [9.17, 15) is 0 Å². The molecule has 7 aromatic carbocycles. The maximum Gasteiger partial charge on any atom is 0.155 e. The van der Waals surface area contributed by atoms with E-state index in [1.165, 1.54) is 116 Å². The van der Waals surface area contributed by atoms with Gasteiger partial charge in [-0.15, -0.1) is 0 Å². The van der Waals surface area contributed by atoms with Crippen LogP contribution in [-0.4, -0.2) is 8.07 Å². The van der Waals surface area contributed by atoms with E-state index in [-0.39, 0.29) is 27.1 Å². The molecule has 0 N–H and O–H groups in total. The van der Waals surface area contributed by atoms with E-state index in [0.717, 1.165) is 6.42 Å². The first-order valence-corrected chi connectivity index (χ1v) is 27.4. The van der Waals surface area contributed by atoms with Crippen molar-refractivity contribution in [3.8, 4) is 33.4 Å². The molecular weight excluding hydrogens is 833 g/mol. The van der Waals surface area contributed by atoms with E-state index in [2.05, 4.69) is 249 Å². The van der Waals surface area contributed by atoms with Gasteiger partial charge in [0.2, 0.25) is 0 Å². The van der Waals surface area contributed by atoms with Crippen LogP contribution in [0.5, 0.6) is 0 Å². The van der Waals surface area contributed by atoms with E-state index in [4.69, 9.17) is 0 Å². The Morgan fingerprint density at radius 3 is 1.26 bits per heavy atom. The standard InChI is InChI=1S/C67H70Si/c1-41-15-29-51-53-31-17-43(37-59(53)65(9,10)57(51)35-41)44-18-32-54-56-34-28-50(40-62(56)67(13,14)60(54)38-44)68(47-23-19-45(20-24-47)63(3,4)5,48-25-21-46(22-26-48)64(6,7)8)49-27-33-55-52-30-16-42(2)36-58(52)66(11,12)61(55)39-49/h15-26,28-40,49H,27H2,1-14H3. The number of benzene rings is 7. The molecule has 0 saturated heterocycles. The molecule has 1 unspecified atom stereocenters. The van der Waals surface area contributed by atoms with Crippen molar-refractivity contribution in [1.82, 2.24) is 0 Å². The van der Waals surface area contributed by atoms with Crippen molar-refractivity contribution in [3.63, 3.8) is 0 Å². The molecule has 0 fully saturated rings. The van der Waals surface area contributed by atoms with E-state index >= 15 is 0 Å². The topological polar surface area (TPSA) is 0 Å². The van der Waals surface area contributed by atoms with Crippen LogP contribution in [0, 0.1) is 13.8 Å². The second kappa shape index (κ2) is 14.9. The van der Waals surface area contributed by atoms with E-state index in [1.54, 1.807) is 0 Å². The van der Waals surface area contributed by atoms with Gasteiger partial charge in [-0.05, 0) is 153 Å². The number of rotatable bonds is 5. The van der Waals surface area contributed by atoms with Crippen LogP contribution in [0.1, 0.15) is 145 Å². The van der Waals surface area contributed by atoms with Crippen molar-refractivity contribution in [2.45, 2.75) is 136 Å². The average molecular weight is 903 g/mol. The van der Waals surface area contributed by atoms with E-state index in [1.807, 2.05) is 0 Å². The molecule has 0 amide bonds. The van der Waals surface area contributed by atoms with Crippen molar-refractivity contribution in [3.05, 3.63) is 213 Å². The number of hydrogen-bond acceptors (Lipinski definition) is 0. The summed E-state index contributed by atoms with van der Waals surface area (Å²) in [7, 11) is -2.87. The Morgan fingerprint density at radius 2 is 0.794 bits per heavy atom. The molecule has 68 heavy (non-hydrogen) atoms. The lowest BCUT2D eigenvalue weighted by molar-refractivity contribution is 0.590. The predicted molar refractivity (Wildman–Crippen MR) is 295 cm³/mol. The van der Waals surface area contributed by atoms with Crippen LogP contribution in [0.3, 0.4) is 0 Å². The third-order valence-corrected chi connectivity index (χ3v) is 22.5. The van der Waals surface area contributed by atoms with Crippen molar-refractivity contribution in [1.29, 1.82) is 0 Å². The van der Waals surface area contributed by atoms with Gasteiger partial charge in [-0.1, -0.05) is 234 Å². The SMILES string of the molecule is Cc1ccc2c(c1)C(C)(C)C1=CC([Si](c3ccc(C(C)(C)C)cc3)(c3ccc(C(C)(C)C)cc3)c3ccc4c(c3)C(C)(C)c3cc(-c5ccc6c(c5)C(C)(C)c5cc(C)ccc5-6)ccc3-4)CC=C12. The summed E-state index contributed by atoms with van der Waals surface area (Å²) in [5, 5.41) is 4.48. The van der Waals surface area contributed by atoms with Crippen LogP contribution in [0.25, 0.3) is 39.0 Å². The lowest BCUT2D eigenvalue weighted by Crippen LogP contribution is -2.70. The fourth-order valence-electron chi connectivity index (χ4n) is 13.2. The van der Waals surface area contributed by atoms with Gasteiger partial charge in [-0.2, -0.15) is 0 Å². The first-order chi connectivity index (χ1) is 32.0. The highest BCUT2D eigenvalue weighted by atomic mass is 28.3. The molecule has 0 aliphatic heterocycles. The molecule has 0 saturated carbocycles. The van der Waals surface area contributed by atoms with Gasteiger partial charge >= 0.3 is 0 Å². The lowest BCUT2D eigenvalue weighted by atomic mass is 9.80. The van der Waals surface area contributed by atoms with Gasteiger partial charge in [0, 0.05) is 16.2 Å². The first kappa shape index (κ1) is 44.7. The highest BCUT2D eigenvalue weighted by Gasteiger charge is 2.50. The van der Waals surface area contributed by atoms with E-state index in [0.29, 0.717) is 5.54 Å². The van der Waals surface area contributed by atoms with Crippen molar-refractivity contribution in [2.24, 2.45) is 0 Å². The highest BCUT2D eigenvalue weighted by molar-refractivity contribution is 7.12. The Bertz CT molecular complexity index is 3230. The largest absolute Gasteiger partial charge is 0.155 e. The molecule has 11 rings (SSSR count). The maximum absolute atomic E-state index is 2.87. The Morgan fingerprint density at radius 1 is 0.412 bits per heavy atom. The smallest absolute Gasteiger partial charge is 0.0781 e. The number of allylic oxidation sites excluding steroid dienone is 4. The minimum absolute atomic E-state index is 0.0476. The third-order valence-electron chi connectivity index (χ3n) is 17.3. The van der Waals surface area contributed by atoms with Crippen molar-refractivity contribution >= 4 is 29.2 Å². The van der Waals surface area contributed by atoms with Gasteiger partial charge in [0.1, 0.15) is 0 Å². The van der Waals surface area contributed by atoms with Crippen LogP contribution in [0.4, 0.5) is 0 Å². The average Bonchev–Trinajstić information content (AvgIpc) is 3.77. The molecule has 0 heterocycles. The molecule has 1 atom stereocenters. The summed E-state index contributed by atoms with van der Waals surface area (Å²) >= 11 is 0. The van der Waals surface area contributed by atoms with Gasteiger partial charge in [0.25, 0.3) is 0 Å². The molecule has 0 nitrogen and oxygen atoms in total. The molecule has 0 spiro atoms. The number of fused-ring (bicyclic) bond motifs is 9. The zero-order chi connectivity index (χ0) is 48.1. The summed E-state index contributed by atoms with van der Waals surface area (Å²) in [6.07, 6.45) is 6.41. The summed E-state index contributed by atoms with van der Waals surface area (Å²) < 4.78 is 0. The minimum atomic E-state index is -2.87. The van der Waals surface area contributed by atoms with E-state index < -0.39 is 8.07 Å². The maximum atomic E-state index is 2.78. The van der Waals surface area contributed by atoms with Gasteiger partial charge in [-0.25, -0.2) is 0 Å². The summed E-state index contributed by atoms with van der Waals surface area (Å²) in [6, 6.07) is 56.4. The molecule has 0 bridgehead atoms. The molecule has 1 heteroatoms.